The Morgan fingerprint density at radius 1 is 1.44 bits per heavy atom. The van der Waals surface area contributed by atoms with Gasteiger partial charge in [0.1, 0.15) is 5.76 Å². The van der Waals surface area contributed by atoms with E-state index in [1.807, 2.05) is 6.92 Å². The van der Waals surface area contributed by atoms with E-state index in [-0.39, 0.29) is 18.3 Å². The number of carbonyl (C=O) groups is 2. The monoisotopic (exact) mass is 253 g/mol. The largest absolute Gasteiger partial charge is 0.469 e. The fourth-order valence-electron chi connectivity index (χ4n) is 1.57. The van der Waals surface area contributed by atoms with Crippen molar-refractivity contribution in [3.05, 3.63) is 23.7 Å². The maximum Gasteiger partial charge on any atom is 0.310 e. The summed E-state index contributed by atoms with van der Waals surface area (Å²) >= 11 is 0. The lowest BCUT2D eigenvalue weighted by Crippen LogP contribution is -2.25. The van der Waals surface area contributed by atoms with Crippen LogP contribution in [0.1, 0.15) is 31.1 Å². The Labute approximate surface area is 107 Å². The van der Waals surface area contributed by atoms with Gasteiger partial charge in [0.15, 0.2) is 0 Å². The molecule has 18 heavy (non-hydrogen) atoms. The van der Waals surface area contributed by atoms with Crippen LogP contribution in [-0.2, 0) is 27.3 Å². The number of esters is 1. The Bertz CT molecular complexity index is 411. The van der Waals surface area contributed by atoms with Gasteiger partial charge >= 0.3 is 5.97 Å². The fourth-order valence-corrected chi connectivity index (χ4v) is 1.57. The molecule has 0 bridgehead atoms. The normalized spacial score (nSPS) is 10.2. The van der Waals surface area contributed by atoms with Crippen molar-refractivity contribution in [2.24, 2.45) is 0 Å². The molecule has 1 rings (SSSR count). The summed E-state index contributed by atoms with van der Waals surface area (Å²) in [6.07, 6.45) is 3.07. The minimum absolute atomic E-state index is 0.0865. The second-order valence-electron chi connectivity index (χ2n) is 4.17. The first-order chi connectivity index (χ1) is 8.56. The number of hydrogen-bond donors (Lipinski definition) is 0. The Balaban J connectivity index is 2.53. The molecule has 0 aliphatic carbocycles. The van der Waals surface area contributed by atoms with Crippen LogP contribution in [0.2, 0.25) is 0 Å². The Kier molecular flexibility index (Phi) is 5.42. The molecule has 0 fully saturated rings. The van der Waals surface area contributed by atoms with Crippen LogP contribution in [0, 0.1) is 0 Å². The molecule has 0 aromatic carbocycles. The third-order valence-electron chi connectivity index (χ3n) is 2.57. The van der Waals surface area contributed by atoms with Crippen molar-refractivity contribution in [3.63, 3.8) is 0 Å². The van der Waals surface area contributed by atoms with Crippen LogP contribution < -0.4 is 0 Å². The van der Waals surface area contributed by atoms with Crippen LogP contribution in [0.15, 0.2) is 16.7 Å². The minimum atomic E-state index is -0.308. The van der Waals surface area contributed by atoms with E-state index in [1.54, 1.807) is 18.0 Å². The molecule has 0 N–H and O–H groups in total. The number of rotatable bonds is 6. The average Bonchev–Trinajstić information content (AvgIpc) is 2.76. The molecule has 0 spiro atoms. The van der Waals surface area contributed by atoms with E-state index in [1.165, 1.54) is 13.4 Å². The number of ether oxygens (including phenoxy) is 1. The summed E-state index contributed by atoms with van der Waals surface area (Å²) in [5, 5.41) is 0. The molecule has 0 unspecified atom stereocenters. The molecular weight excluding hydrogens is 234 g/mol. The smallest absolute Gasteiger partial charge is 0.310 e. The average molecular weight is 253 g/mol. The highest BCUT2D eigenvalue weighted by Gasteiger charge is 2.12. The number of furan rings is 1. The van der Waals surface area contributed by atoms with Gasteiger partial charge in [-0.1, -0.05) is 6.92 Å². The molecule has 100 valence electrons. The summed E-state index contributed by atoms with van der Waals surface area (Å²) < 4.78 is 9.88. The molecule has 1 amide bonds. The zero-order chi connectivity index (χ0) is 13.5. The Morgan fingerprint density at radius 3 is 2.78 bits per heavy atom. The summed E-state index contributed by atoms with van der Waals surface area (Å²) in [4.78, 5) is 24.3. The van der Waals surface area contributed by atoms with Crippen molar-refractivity contribution in [3.8, 4) is 0 Å². The predicted octanol–water partition coefficient (Wildman–Crippen LogP) is 1.75. The van der Waals surface area contributed by atoms with Crippen molar-refractivity contribution in [1.29, 1.82) is 0 Å². The lowest BCUT2D eigenvalue weighted by atomic mass is 10.2. The van der Waals surface area contributed by atoms with Crippen LogP contribution in [-0.4, -0.2) is 30.9 Å². The first-order valence-corrected chi connectivity index (χ1v) is 5.93. The van der Waals surface area contributed by atoms with Gasteiger partial charge in [-0.25, -0.2) is 0 Å². The SMILES string of the molecule is CCCC(=O)N(C)Cc1cc(CC(=O)OC)co1. The third-order valence-corrected chi connectivity index (χ3v) is 2.57. The predicted molar refractivity (Wildman–Crippen MR) is 65.8 cm³/mol. The summed E-state index contributed by atoms with van der Waals surface area (Å²) in [5.41, 5.74) is 0.758. The van der Waals surface area contributed by atoms with Gasteiger partial charge in [0.05, 0.1) is 26.3 Å². The van der Waals surface area contributed by atoms with Crippen LogP contribution in [0.4, 0.5) is 0 Å². The van der Waals surface area contributed by atoms with Crippen molar-refractivity contribution in [2.75, 3.05) is 14.2 Å². The summed E-state index contributed by atoms with van der Waals surface area (Å²) in [7, 11) is 3.08. The first-order valence-electron chi connectivity index (χ1n) is 5.93. The van der Waals surface area contributed by atoms with Gasteiger partial charge < -0.3 is 14.1 Å². The minimum Gasteiger partial charge on any atom is -0.469 e. The number of methoxy groups -OCH3 is 1. The number of nitrogens with zero attached hydrogens (tertiary/aromatic N) is 1. The van der Waals surface area contributed by atoms with Gasteiger partial charge in [-0.3, -0.25) is 9.59 Å². The quantitative estimate of drug-likeness (QED) is 0.725. The number of amides is 1. The van der Waals surface area contributed by atoms with Gasteiger partial charge in [0.25, 0.3) is 0 Å². The van der Waals surface area contributed by atoms with Gasteiger partial charge in [-0.15, -0.1) is 0 Å². The molecule has 5 nitrogen and oxygen atoms in total. The van der Waals surface area contributed by atoms with Gasteiger partial charge in [0.2, 0.25) is 5.91 Å². The Hall–Kier alpha value is -1.78. The Morgan fingerprint density at radius 2 is 2.17 bits per heavy atom. The van der Waals surface area contributed by atoms with E-state index in [0.717, 1.165) is 12.0 Å². The molecule has 0 saturated heterocycles. The molecule has 0 aliphatic rings. The van der Waals surface area contributed by atoms with Crippen molar-refractivity contribution in [1.82, 2.24) is 4.90 Å². The maximum atomic E-state index is 11.6. The van der Waals surface area contributed by atoms with Crippen LogP contribution in [0.5, 0.6) is 0 Å². The van der Waals surface area contributed by atoms with Crippen LogP contribution in [0.3, 0.4) is 0 Å². The fraction of sp³-hybridized carbons (Fsp3) is 0.538. The zero-order valence-corrected chi connectivity index (χ0v) is 11.1. The van der Waals surface area contributed by atoms with Gasteiger partial charge in [0, 0.05) is 19.0 Å². The second-order valence-corrected chi connectivity index (χ2v) is 4.17. The van der Waals surface area contributed by atoms with Gasteiger partial charge in [-0.2, -0.15) is 0 Å². The molecule has 0 aliphatic heterocycles. The molecular formula is C13H19NO4. The van der Waals surface area contributed by atoms with Crippen molar-refractivity contribution >= 4 is 11.9 Å². The van der Waals surface area contributed by atoms with Crippen molar-refractivity contribution in [2.45, 2.75) is 32.7 Å². The molecule has 5 heteroatoms. The molecule has 1 aromatic rings. The van der Waals surface area contributed by atoms with Crippen LogP contribution in [0.25, 0.3) is 0 Å². The van der Waals surface area contributed by atoms with E-state index in [4.69, 9.17) is 4.42 Å². The molecule has 0 atom stereocenters. The lowest BCUT2D eigenvalue weighted by molar-refractivity contribution is -0.139. The standard InChI is InChI=1S/C13H19NO4/c1-4-5-12(15)14(2)8-11-6-10(9-18-11)7-13(16)17-3/h6,9H,4-5,7-8H2,1-3H3. The van der Waals surface area contributed by atoms with Crippen LogP contribution >= 0.6 is 0 Å². The highest BCUT2D eigenvalue weighted by Crippen LogP contribution is 2.11. The summed E-state index contributed by atoms with van der Waals surface area (Å²) in [6, 6.07) is 1.77. The van der Waals surface area contributed by atoms with E-state index < -0.39 is 0 Å². The highest BCUT2D eigenvalue weighted by molar-refractivity contribution is 5.75. The highest BCUT2D eigenvalue weighted by atomic mass is 16.5. The van der Waals surface area contributed by atoms with E-state index in [2.05, 4.69) is 4.74 Å². The van der Waals surface area contributed by atoms with E-state index >= 15 is 0 Å². The summed E-state index contributed by atoms with van der Waals surface area (Å²) in [5.74, 6) is 0.446. The third kappa shape index (κ3) is 4.24. The van der Waals surface area contributed by atoms with E-state index in [0.29, 0.717) is 18.7 Å². The van der Waals surface area contributed by atoms with Gasteiger partial charge in [-0.05, 0) is 12.5 Å². The topological polar surface area (TPSA) is 59.8 Å². The number of hydrogen-bond acceptors (Lipinski definition) is 4. The maximum absolute atomic E-state index is 11.6. The molecule has 0 radical (unpaired) electrons. The molecule has 1 aromatic heterocycles. The van der Waals surface area contributed by atoms with Crippen molar-refractivity contribution < 1.29 is 18.7 Å². The molecule has 1 heterocycles. The van der Waals surface area contributed by atoms with E-state index in [9.17, 15) is 9.59 Å². The lowest BCUT2D eigenvalue weighted by Gasteiger charge is -2.14. The summed E-state index contributed by atoms with van der Waals surface area (Å²) in [6.45, 7) is 2.38. The first kappa shape index (κ1) is 14.3. The second kappa shape index (κ2) is 6.83. The zero-order valence-electron chi connectivity index (χ0n) is 11.1. The molecule has 0 saturated carbocycles. The number of carbonyl (C=O) groups excluding carboxylic acids is 2.